The van der Waals surface area contributed by atoms with E-state index in [0.717, 1.165) is 19.5 Å². The van der Waals surface area contributed by atoms with Crippen molar-refractivity contribution in [2.45, 2.75) is 13.0 Å². The molecule has 76 valence electrons. The molecule has 6 heteroatoms. The predicted octanol–water partition coefficient (Wildman–Crippen LogP) is -0.970. The summed E-state index contributed by atoms with van der Waals surface area (Å²) in [6.45, 7) is 2.14. The molecule has 1 aliphatic heterocycles. The molecule has 1 saturated heterocycles. The molecule has 1 atom stereocenters. The van der Waals surface area contributed by atoms with E-state index >= 15 is 0 Å². The Balaban J connectivity index is 1.77. The lowest BCUT2D eigenvalue weighted by Crippen LogP contribution is -2.31. The van der Waals surface area contributed by atoms with Gasteiger partial charge in [-0.05, 0) is 13.0 Å². The van der Waals surface area contributed by atoms with Crippen molar-refractivity contribution in [3.05, 3.63) is 12.2 Å². The van der Waals surface area contributed by atoms with Gasteiger partial charge in [-0.3, -0.25) is 9.89 Å². The summed E-state index contributed by atoms with van der Waals surface area (Å²) in [5, 5.41) is 12.4. The Morgan fingerprint density at radius 3 is 3.29 bits per heavy atom. The molecule has 0 bridgehead atoms. The van der Waals surface area contributed by atoms with Gasteiger partial charge in [0.2, 0.25) is 5.91 Å². The topological polar surface area (TPSA) is 82.7 Å². The van der Waals surface area contributed by atoms with Gasteiger partial charge < -0.3 is 10.6 Å². The smallest absolute Gasteiger partial charge is 0.224 e. The van der Waals surface area contributed by atoms with Crippen LogP contribution in [0.15, 0.2) is 6.33 Å². The fraction of sp³-hybridized carbons (Fsp3) is 0.625. The summed E-state index contributed by atoms with van der Waals surface area (Å²) < 4.78 is 0. The maximum absolute atomic E-state index is 11.5. The van der Waals surface area contributed by atoms with Gasteiger partial charge in [-0.2, -0.15) is 5.10 Å². The van der Waals surface area contributed by atoms with E-state index in [1.807, 2.05) is 0 Å². The number of aromatic nitrogens is 3. The van der Waals surface area contributed by atoms with Crippen LogP contribution < -0.4 is 10.6 Å². The Labute approximate surface area is 81.5 Å². The summed E-state index contributed by atoms with van der Waals surface area (Å²) >= 11 is 0. The van der Waals surface area contributed by atoms with Gasteiger partial charge in [0.1, 0.15) is 12.2 Å². The molecule has 14 heavy (non-hydrogen) atoms. The minimum Gasteiger partial charge on any atom is -0.349 e. The van der Waals surface area contributed by atoms with Crippen molar-refractivity contribution in [3.8, 4) is 0 Å². The van der Waals surface area contributed by atoms with E-state index < -0.39 is 0 Å². The molecule has 2 rings (SSSR count). The highest BCUT2D eigenvalue weighted by atomic mass is 16.1. The number of nitrogens with zero attached hydrogens (tertiary/aromatic N) is 2. The normalized spacial score (nSPS) is 21.0. The SMILES string of the molecule is O=C(NCc1ncn[nH]1)C1CCNC1. The van der Waals surface area contributed by atoms with E-state index in [1.54, 1.807) is 0 Å². The van der Waals surface area contributed by atoms with Crippen molar-refractivity contribution in [1.29, 1.82) is 0 Å². The van der Waals surface area contributed by atoms with Gasteiger partial charge >= 0.3 is 0 Å². The van der Waals surface area contributed by atoms with Crippen LogP contribution >= 0.6 is 0 Å². The Morgan fingerprint density at radius 2 is 2.64 bits per heavy atom. The predicted molar refractivity (Wildman–Crippen MR) is 49.2 cm³/mol. The van der Waals surface area contributed by atoms with Crippen molar-refractivity contribution < 1.29 is 4.79 Å². The van der Waals surface area contributed by atoms with E-state index in [2.05, 4.69) is 25.8 Å². The van der Waals surface area contributed by atoms with Gasteiger partial charge in [-0.1, -0.05) is 0 Å². The quantitative estimate of drug-likeness (QED) is 0.579. The van der Waals surface area contributed by atoms with Crippen LogP contribution in [-0.4, -0.2) is 34.2 Å². The number of hydrogen-bond acceptors (Lipinski definition) is 4. The third kappa shape index (κ3) is 2.08. The van der Waals surface area contributed by atoms with Gasteiger partial charge in [0, 0.05) is 6.54 Å². The number of carbonyl (C=O) groups excluding carboxylic acids is 1. The molecule has 6 nitrogen and oxygen atoms in total. The van der Waals surface area contributed by atoms with Crippen molar-refractivity contribution in [3.63, 3.8) is 0 Å². The van der Waals surface area contributed by atoms with E-state index in [4.69, 9.17) is 0 Å². The molecule has 1 aliphatic rings. The van der Waals surface area contributed by atoms with Crippen LogP contribution in [0, 0.1) is 5.92 Å². The molecule has 1 amide bonds. The lowest BCUT2D eigenvalue weighted by molar-refractivity contribution is -0.124. The number of carbonyl (C=O) groups is 1. The molecule has 0 saturated carbocycles. The first-order chi connectivity index (χ1) is 6.86. The van der Waals surface area contributed by atoms with E-state index in [0.29, 0.717) is 12.4 Å². The van der Waals surface area contributed by atoms with E-state index in [9.17, 15) is 4.79 Å². The number of rotatable bonds is 3. The molecular formula is C8H13N5O. The lowest BCUT2D eigenvalue weighted by atomic mass is 10.1. The fourth-order valence-corrected chi connectivity index (χ4v) is 1.51. The molecule has 0 radical (unpaired) electrons. The summed E-state index contributed by atoms with van der Waals surface area (Å²) in [5.41, 5.74) is 0. The Morgan fingerprint density at radius 1 is 1.71 bits per heavy atom. The lowest BCUT2D eigenvalue weighted by Gasteiger charge is -2.07. The maximum Gasteiger partial charge on any atom is 0.224 e. The Kier molecular flexibility index (Phi) is 2.73. The highest BCUT2D eigenvalue weighted by molar-refractivity contribution is 5.79. The molecule has 1 fully saturated rings. The van der Waals surface area contributed by atoms with Gasteiger partial charge in [-0.25, -0.2) is 4.98 Å². The number of H-pyrrole nitrogens is 1. The summed E-state index contributed by atoms with van der Waals surface area (Å²) in [6, 6.07) is 0. The van der Waals surface area contributed by atoms with E-state index in [-0.39, 0.29) is 11.8 Å². The van der Waals surface area contributed by atoms with Crippen LogP contribution in [0.3, 0.4) is 0 Å². The van der Waals surface area contributed by atoms with Crippen LogP contribution in [0.1, 0.15) is 12.2 Å². The van der Waals surface area contributed by atoms with Gasteiger partial charge in [0.15, 0.2) is 0 Å². The standard InChI is InChI=1S/C8H13N5O/c14-8(6-1-2-9-3-6)10-4-7-11-5-12-13-7/h5-6,9H,1-4H2,(H,10,14)(H,11,12,13). The molecule has 3 N–H and O–H groups in total. The zero-order chi connectivity index (χ0) is 9.80. The third-order valence-corrected chi connectivity index (χ3v) is 2.33. The minimum absolute atomic E-state index is 0.0893. The summed E-state index contributed by atoms with van der Waals surface area (Å²) in [6.07, 6.45) is 2.35. The second kappa shape index (κ2) is 4.19. The average Bonchev–Trinajstić information content (AvgIpc) is 2.87. The minimum atomic E-state index is 0.0893. The molecule has 1 unspecified atom stereocenters. The summed E-state index contributed by atoms with van der Waals surface area (Å²) in [7, 11) is 0. The Bertz CT molecular complexity index is 291. The zero-order valence-corrected chi connectivity index (χ0v) is 7.79. The Hall–Kier alpha value is -1.43. The number of amides is 1. The van der Waals surface area contributed by atoms with Gasteiger partial charge in [0.25, 0.3) is 0 Å². The van der Waals surface area contributed by atoms with Crippen LogP contribution in [-0.2, 0) is 11.3 Å². The number of aromatic amines is 1. The third-order valence-electron chi connectivity index (χ3n) is 2.33. The van der Waals surface area contributed by atoms with Crippen molar-refractivity contribution in [1.82, 2.24) is 25.8 Å². The van der Waals surface area contributed by atoms with Crippen LogP contribution in [0.25, 0.3) is 0 Å². The largest absolute Gasteiger partial charge is 0.349 e. The van der Waals surface area contributed by atoms with Gasteiger partial charge in [-0.15, -0.1) is 0 Å². The van der Waals surface area contributed by atoms with Crippen LogP contribution in [0.4, 0.5) is 0 Å². The highest BCUT2D eigenvalue weighted by Crippen LogP contribution is 2.06. The first-order valence-corrected chi connectivity index (χ1v) is 4.69. The highest BCUT2D eigenvalue weighted by Gasteiger charge is 2.21. The van der Waals surface area contributed by atoms with Gasteiger partial charge in [0.05, 0.1) is 12.5 Å². The molecule has 1 aromatic heterocycles. The molecule has 0 aromatic carbocycles. The number of nitrogens with one attached hydrogen (secondary N) is 3. The van der Waals surface area contributed by atoms with Crippen LogP contribution in [0.5, 0.6) is 0 Å². The van der Waals surface area contributed by atoms with Crippen molar-refractivity contribution in [2.24, 2.45) is 5.92 Å². The number of hydrogen-bond donors (Lipinski definition) is 3. The zero-order valence-electron chi connectivity index (χ0n) is 7.79. The maximum atomic E-state index is 11.5. The average molecular weight is 195 g/mol. The van der Waals surface area contributed by atoms with Crippen molar-refractivity contribution in [2.75, 3.05) is 13.1 Å². The molecule has 1 aromatic rings. The monoisotopic (exact) mass is 195 g/mol. The first-order valence-electron chi connectivity index (χ1n) is 4.69. The van der Waals surface area contributed by atoms with E-state index in [1.165, 1.54) is 6.33 Å². The molecular weight excluding hydrogens is 182 g/mol. The second-order valence-electron chi connectivity index (χ2n) is 3.34. The summed E-state index contributed by atoms with van der Waals surface area (Å²) in [5.74, 6) is 0.883. The molecule has 2 heterocycles. The fourth-order valence-electron chi connectivity index (χ4n) is 1.51. The second-order valence-corrected chi connectivity index (χ2v) is 3.34. The first kappa shape index (κ1) is 9.14. The molecule has 0 spiro atoms. The molecule has 0 aliphatic carbocycles. The van der Waals surface area contributed by atoms with Crippen molar-refractivity contribution >= 4 is 5.91 Å². The summed E-state index contributed by atoms with van der Waals surface area (Å²) in [4.78, 5) is 15.4. The van der Waals surface area contributed by atoms with Crippen LogP contribution in [0.2, 0.25) is 0 Å².